The van der Waals surface area contributed by atoms with Gasteiger partial charge in [0.25, 0.3) is 0 Å². The van der Waals surface area contributed by atoms with Crippen LogP contribution < -0.4 is 9.47 Å². The van der Waals surface area contributed by atoms with Gasteiger partial charge in [-0.05, 0) is 54.8 Å². The fourth-order valence-electron chi connectivity index (χ4n) is 2.95. The maximum atomic E-state index is 12.1. The number of esters is 1. The van der Waals surface area contributed by atoms with E-state index in [1.807, 2.05) is 12.1 Å². The summed E-state index contributed by atoms with van der Waals surface area (Å²) in [6.07, 6.45) is 9.97. The highest BCUT2D eigenvalue weighted by molar-refractivity contribution is 5.91. The molecule has 2 aromatic carbocycles. The average Bonchev–Trinajstić information content (AvgIpc) is 2.68. The van der Waals surface area contributed by atoms with Crippen LogP contribution in [0.3, 0.4) is 0 Å². The van der Waals surface area contributed by atoms with Gasteiger partial charge in [0.05, 0.1) is 5.56 Å². The molecule has 5 heteroatoms. The molecular weight excluding hydrogens is 362 g/mol. The third-order valence-corrected chi connectivity index (χ3v) is 4.52. The third-order valence-electron chi connectivity index (χ3n) is 4.52. The average molecular weight is 390 g/mol. The lowest BCUT2D eigenvalue weighted by atomic mass is 10.0. The second-order valence-electron chi connectivity index (χ2n) is 6.81. The molecule has 0 saturated carbocycles. The summed E-state index contributed by atoms with van der Waals surface area (Å²) >= 11 is 0. The maximum Gasteiger partial charge on any atom is 0.387 e. The molecule has 2 rings (SSSR count). The van der Waals surface area contributed by atoms with Crippen molar-refractivity contribution in [2.75, 3.05) is 0 Å². The molecule has 0 aliphatic heterocycles. The fourth-order valence-corrected chi connectivity index (χ4v) is 2.95. The number of alkyl halides is 2. The molecule has 0 bridgehead atoms. The number of benzene rings is 2. The molecule has 0 radical (unpaired) electrons. The number of unbranched alkanes of at least 4 members (excludes halogenated alkanes) is 6. The molecule has 2 aromatic rings. The minimum atomic E-state index is -2.89. The molecule has 28 heavy (non-hydrogen) atoms. The molecule has 0 unspecified atom stereocenters. The van der Waals surface area contributed by atoms with Crippen molar-refractivity contribution in [2.24, 2.45) is 0 Å². The number of halogens is 2. The number of aryl methyl sites for hydroxylation is 1. The van der Waals surface area contributed by atoms with Crippen molar-refractivity contribution < 1.29 is 23.0 Å². The Morgan fingerprint density at radius 3 is 2.00 bits per heavy atom. The predicted octanol–water partition coefficient (Wildman–Crippen LogP) is 6.80. The SMILES string of the molecule is CCCCCCCCCc1ccc(OC(=O)c2ccc(OC(F)F)cc2)cc1. The zero-order valence-corrected chi connectivity index (χ0v) is 16.3. The highest BCUT2D eigenvalue weighted by Gasteiger charge is 2.10. The Morgan fingerprint density at radius 2 is 1.39 bits per heavy atom. The summed E-state index contributed by atoms with van der Waals surface area (Å²) < 4.78 is 33.9. The van der Waals surface area contributed by atoms with E-state index in [1.165, 1.54) is 68.4 Å². The highest BCUT2D eigenvalue weighted by atomic mass is 19.3. The number of carbonyl (C=O) groups is 1. The zero-order valence-electron chi connectivity index (χ0n) is 16.3. The second-order valence-corrected chi connectivity index (χ2v) is 6.81. The van der Waals surface area contributed by atoms with Crippen LogP contribution in [-0.4, -0.2) is 12.6 Å². The molecule has 0 saturated heterocycles. The molecule has 3 nitrogen and oxygen atoms in total. The van der Waals surface area contributed by atoms with Gasteiger partial charge in [0.1, 0.15) is 11.5 Å². The summed E-state index contributed by atoms with van der Waals surface area (Å²) in [7, 11) is 0. The smallest absolute Gasteiger partial charge is 0.387 e. The summed E-state index contributed by atoms with van der Waals surface area (Å²) in [4.78, 5) is 12.1. The van der Waals surface area contributed by atoms with Crippen LogP contribution >= 0.6 is 0 Å². The number of ether oxygens (including phenoxy) is 2. The number of hydrogen-bond donors (Lipinski definition) is 0. The lowest BCUT2D eigenvalue weighted by molar-refractivity contribution is -0.0498. The standard InChI is InChI=1S/C23H28F2O3/c1-2-3-4-5-6-7-8-9-18-10-14-20(15-11-18)27-22(26)19-12-16-21(17-13-19)28-23(24)25/h10-17,23H,2-9H2,1H3. The second kappa shape index (κ2) is 12.1. The van der Waals surface area contributed by atoms with Crippen molar-refractivity contribution in [1.29, 1.82) is 0 Å². The van der Waals surface area contributed by atoms with Gasteiger partial charge >= 0.3 is 12.6 Å². The van der Waals surface area contributed by atoms with Crippen LogP contribution in [0.4, 0.5) is 8.78 Å². The van der Waals surface area contributed by atoms with Gasteiger partial charge in [-0.2, -0.15) is 8.78 Å². The van der Waals surface area contributed by atoms with Crippen molar-refractivity contribution >= 4 is 5.97 Å². The third kappa shape index (κ3) is 8.07. The Bertz CT molecular complexity index is 697. The lowest BCUT2D eigenvalue weighted by Crippen LogP contribution is -2.09. The van der Waals surface area contributed by atoms with E-state index in [0.29, 0.717) is 5.75 Å². The van der Waals surface area contributed by atoms with E-state index in [0.717, 1.165) is 12.8 Å². The van der Waals surface area contributed by atoms with Crippen molar-refractivity contribution in [3.05, 3.63) is 59.7 Å². The minimum Gasteiger partial charge on any atom is -0.435 e. The van der Waals surface area contributed by atoms with E-state index in [2.05, 4.69) is 11.7 Å². The summed E-state index contributed by atoms with van der Waals surface area (Å²) in [6, 6.07) is 12.9. The molecule has 152 valence electrons. The van der Waals surface area contributed by atoms with Crippen LogP contribution in [0.1, 0.15) is 67.8 Å². The Morgan fingerprint density at radius 1 is 0.821 bits per heavy atom. The molecule has 0 spiro atoms. The summed E-state index contributed by atoms with van der Waals surface area (Å²) in [5.41, 5.74) is 1.50. The van der Waals surface area contributed by atoms with Gasteiger partial charge in [-0.1, -0.05) is 57.6 Å². The van der Waals surface area contributed by atoms with Crippen LogP contribution in [0, 0.1) is 0 Å². The monoisotopic (exact) mass is 390 g/mol. The predicted molar refractivity (Wildman–Crippen MR) is 106 cm³/mol. The van der Waals surface area contributed by atoms with Crippen LogP contribution in [-0.2, 0) is 6.42 Å². The van der Waals surface area contributed by atoms with Gasteiger partial charge in [-0.25, -0.2) is 4.79 Å². The fraction of sp³-hybridized carbons (Fsp3) is 0.435. The Hall–Kier alpha value is -2.43. The first-order chi connectivity index (χ1) is 13.6. The van der Waals surface area contributed by atoms with Crippen LogP contribution in [0.15, 0.2) is 48.5 Å². The summed E-state index contributed by atoms with van der Waals surface area (Å²) in [6.45, 7) is -0.667. The Kier molecular flexibility index (Phi) is 9.46. The van der Waals surface area contributed by atoms with E-state index in [1.54, 1.807) is 12.1 Å². The maximum absolute atomic E-state index is 12.1. The highest BCUT2D eigenvalue weighted by Crippen LogP contribution is 2.19. The Balaban J connectivity index is 1.74. The van der Waals surface area contributed by atoms with E-state index in [4.69, 9.17) is 4.74 Å². The van der Waals surface area contributed by atoms with E-state index in [9.17, 15) is 13.6 Å². The molecule has 0 heterocycles. The molecule has 0 amide bonds. The van der Waals surface area contributed by atoms with Crippen LogP contribution in [0.5, 0.6) is 11.5 Å². The van der Waals surface area contributed by atoms with Crippen molar-refractivity contribution in [1.82, 2.24) is 0 Å². The number of carbonyl (C=O) groups excluding carboxylic acids is 1. The van der Waals surface area contributed by atoms with Crippen LogP contribution in [0.2, 0.25) is 0 Å². The quantitative estimate of drug-likeness (QED) is 0.227. The number of rotatable bonds is 12. The van der Waals surface area contributed by atoms with Gasteiger partial charge in [0, 0.05) is 0 Å². The van der Waals surface area contributed by atoms with Gasteiger partial charge in [-0.15, -0.1) is 0 Å². The Labute approximate surface area is 165 Å². The molecular formula is C23H28F2O3. The topological polar surface area (TPSA) is 35.5 Å². The first-order valence-electron chi connectivity index (χ1n) is 9.94. The largest absolute Gasteiger partial charge is 0.435 e. The van der Waals surface area contributed by atoms with E-state index < -0.39 is 12.6 Å². The van der Waals surface area contributed by atoms with Crippen molar-refractivity contribution in [2.45, 2.75) is 64.9 Å². The van der Waals surface area contributed by atoms with Crippen molar-refractivity contribution in [3.8, 4) is 11.5 Å². The minimum absolute atomic E-state index is 0.00117. The molecule has 0 aromatic heterocycles. The first kappa shape index (κ1) is 21.9. The summed E-state index contributed by atoms with van der Waals surface area (Å²) in [5, 5.41) is 0. The van der Waals surface area contributed by atoms with Gasteiger partial charge in [-0.3, -0.25) is 0 Å². The van der Waals surface area contributed by atoms with Crippen LogP contribution in [0.25, 0.3) is 0 Å². The molecule has 0 aliphatic carbocycles. The normalized spacial score (nSPS) is 10.9. The molecule has 0 aliphatic rings. The van der Waals surface area contributed by atoms with Crippen molar-refractivity contribution in [3.63, 3.8) is 0 Å². The zero-order chi connectivity index (χ0) is 20.2. The lowest BCUT2D eigenvalue weighted by Gasteiger charge is -2.07. The first-order valence-corrected chi connectivity index (χ1v) is 9.94. The number of hydrogen-bond acceptors (Lipinski definition) is 3. The van der Waals surface area contributed by atoms with Gasteiger partial charge in [0.15, 0.2) is 0 Å². The molecule has 0 fully saturated rings. The van der Waals surface area contributed by atoms with Gasteiger partial charge < -0.3 is 9.47 Å². The molecule has 0 atom stereocenters. The summed E-state index contributed by atoms with van der Waals surface area (Å²) in [5.74, 6) is -0.0779. The van der Waals surface area contributed by atoms with Gasteiger partial charge in [0.2, 0.25) is 0 Å². The molecule has 0 N–H and O–H groups in total. The van der Waals surface area contributed by atoms with E-state index >= 15 is 0 Å². The van der Waals surface area contributed by atoms with E-state index in [-0.39, 0.29) is 11.3 Å².